The number of para-hydroxylation sites is 2. The van der Waals surface area contributed by atoms with Crippen molar-refractivity contribution in [2.45, 2.75) is 0 Å². The summed E-state index contributed by atoms with van der Waals surface area (Å²) in [6.45, 7) is 0. The Hall–Kier alpha value is -6.90. The van der Waals surface area contributed by atoms with Crippen molar-refractivity contribution in [3.8, 4) is 27.9 Å². The van der Waals surface area contributed by atoms with E-state index in [0.717, 1.165) is 28.3 Å². The van der Waals surface area contributed by atoms with E-state index in [1.54, 1.807) is 0 Å². The van der Waals surface area contributed by atoms with Gasteiger partial charge >= 0.3 is 0 Å². The molecule has 0 atom stereocenters. The molecule has 9 aromatic carbocycles. The Morgan fingerprint density at radius 1 is 0.308 bits per heavy atom. The molecule has 0 spiro atoms. The van der Waals surface area contributed by atoms with Crippen LogP contribution in [0.2, 0.25) is 0 Å². The van der Waals surface area contributed by atoms with Gasteiger partial charge in [-0.15, -0.1) is 0 Å². The molecule has 0 aliphatic rings. The number of anilines is 3. The first-order chi connectivity index (χ1) is 25.8. The molecule has 244 valence electrons. The summed E-state index contributed by atoms with van der Waals surface area (Å²) in [7, 11) is 0. The molecule has 2 nitrogen and oxygen atoms in total. The molecule has 52 heavy (non-hydrogen) atoms. The van der Waals surface area contributed by atoms with Gasteiger partial charge < -0.3 is 9.47 Å². The van der Waals surface area contributed by atoms with E-state index in [2.05, 4.69) is 216 Å². The van der Waals surface area contributed by atoms with E-state index in [1.165, 1.54) is 60.0 Å². The Bertz CT molecular complexity index is 2850. The predicted molar refractivity (Wildman–Crippen MR) is 221 cm³/mol. The summed E-state index contributed by atoms with van der Waals surface area (Å²) in [6, 6.07) is 74.8. The van der Waals surface area contributed by atoms with Crippen LogP contribution in [-0.4, -0.2) is 4.57 Å². The highest BCUT2D eigenvalue weighted by Crippen LogP contribution is 2.43. The summed E-state index contributed by atoms with van der Waals surface area (Å²) < 4.78 is 2.45. The van der Waals surface area contributed by atoms with E-state index >= 15 is 0 Å². The van der Waals surface area contributed by atoms with Gasteiger partial charge in [-0.3, -0.25) is 0 Å². The molecule has 0 amide bonds. The molecule has 0 fully saturated rings. The van der Waals surface area contributed by atoms with Crippen LogP contribution in [0.15, 0.2) is 206 Å². The third-order valence-electron chi connectivity index (χ3n) is 10.3. The van der Waals surface area contributed by atoms with Gasteiger partial charge in [0, 0.05) is 33.4 Å². The standard InChI is InChI=1S/C50H34N2/c1-2-13-35(14-3-1)37-25-29-41(30-26-37)51(43-31-27-36-15-4-5-17-39(36)33-43)42-19-12-18-40(34-42)50-44-20-7-6-16-38(44)28-32-49(50)52-47-23-10-8-21-45(47)46-22-9-11-24-48(46)52/h1-34H. The van der Waals surface area contributed by atoms with Gasteiger partial charge in [-0.1, -0.05) is 152 Å². The van der Waals surface area contributed by atoms with Crippen molar-refractivity contribution in [3.05, 3.63) is 206 Å². The van der Waals surface area contributed by atoms with E-state index in [-0.39, 0.29) is 0 Å². The van der Waals surface area contributed by atoms with E-state index in [4.69, 9.17) is 0 Å². The Labute approximate surface area is 303 Å². The van der Waals surface area contributed by atoms with Crippen molar-refractivity contribution in [1.29, 1.82) is 0 Å². The van der Waals surface area contributed by atoms with Crippen LogP contribution < -0.4 is 4.90 Å². The van der Waals surface area contributed by atoms with Crippen LogP contribution >= 0.6 is 0 Å². The summed E-state index contributed by atoms with van der Waals surface area (Å²) in [5, 5.41) is 7.40. The molecule has 10 aromatic rings. The fourth-order valence-corrected chi connectivity index (χ4v) is 7.93. The highest BCUT2D eigenvalue weighted by molar-refractivity contribution is 6.11. The first kappa shape index (κ1) is 30.0. The monoisotopic (exact) mass is 662 g/mol. The fourth-order valence-electron chi connectivity index (χ4n) is 7.93. The third kappa shape index (κ3) is 5.04. The molecule has 0 saturated carbocycles. The van der Waals surface area contributed by atoms with Gasteiger partial charge in [0.15, 0.2) is 0 Å². The molecule has 0 radical (unpaired) electrons. The lowest BCUT2D eigenvalue weighted by molar-refractivity contribution is 1.19. The molecule has 1 heterocycles. The topological polar surface area (TPSA) is 8.17 Å². The van der Waals surface area contributed by atoms with Crippen molar-refractivity contribution in [2.75, 3.05) is 4.90 Å². The summed E-state index contributed by atoms with van der Waals surface area (Å²) in [5.41, 5.74) is 11.7. The minimum Gasteiger partial charge on any atom is -0.310 e. The Morgan fingerprint density at radius 3 is 1.60 bits per heavy atom. The van der Waals surface area contributed by atoms with E-state index in [9.17, 15) is 0 Å². The van der Waals surface area contributed by atoms with Crippen LogP contribution in [0, 0.1) is 0 Å². The largest absolute Gasteiger partial charge is 0.310 e. The molecule has 0 unspecified atom stereocenters. The summed E-state index contributed by atoms with van der Waals surface area (Å²) in [5.74, 6) is 0. The van der Waals surface area contributed by atoms with Crippen LogP contribution in [-0.2, 0) is 0 Å². The van der Waals surface area contributed by atoms with Gasteiger partial charge in [-0.05, 0) is 92.8 Å². The zero-order valence-electron chi connectivity index (χ0n) is 28.5. The zero-order valence-corrected chi connectivity index (χ0v) is 28.5. The molecule has 0 bridgehead atoms. The van der Waals surface area contributed by atoms with Crippen molar-refractivity contribution in [2.24, 2.45) is 0 Å². The molecular formula is C50H34N2. The lowest BCUT2D eigenvalue weighted by Crippen LogP contribution is -2.10. The van der Waals surface area contributed by atoms with Crippen molar-refractivity contribution < 1.29 is 0 Å². The second kappa shape index (κ2) is 12.5. The number of benzene rings is 9. The number of hydrogen-bond donors (Lipinski definition) is 0. The van der Waals surface area contributed by atoms with Crippen molar-refractivity contribution >= 4 is 60.4 Å². The normalized spacial score (nSPS) is 11.5. The van der Waals surface area contributed by atoms with Crippen molar-refractivity contribution in [3.63, 3.8) is 0 Å². The number of aromatic nitrogens is 1. The van der Waals surface area contributed by atoms with Crippen LogP contribution in [0.1, 0.15) is 0 Å². The predicted octanol–water partition coefficient (Wildman–Crippen LogP) is 13.9. The van der Waals surface area contributed by atoms with Crippen molar-refractivity contribution in [1.82, 2.24) is 4.57 Å². The minimum atomic E-state index is 1.10. The van der Waals surface area contributed by atoms with Gasteiger partial charge in [0.2, 0.25) is 0 Å². The first-order valence-electron chi connectivity index (χ1n) is 17.9. The van der Waals surface area contributed by atoms with Gasteiger partial charge in [-0.25, -0.2) is 0 Å². The van der Waals surface area contributed by atoms with E-state index in [0.29, 0.717) is 0 Å². The molecule has 0 N–H and O–H groups in total. The number of nitrogens with zero attached hydrogens (tertiary/aromatic N) is 2. The van der Waals surface area contributed by atoms with Crippen LogP contribution in [0.3, 0.4) is 0 Å². The first-order valence-corrected chi connectivity index (χ1v) is 17.9. The quantitative estimate of drug-likeness (QED) is 0.172. The average molecular weight is 663 g/mol. The third-order valence-corrected chi connectivity index (χ3v) is 10.3. The second-order valence-electron chi connectivity index (χ2n) is 13.4. The maximum Gasteiger partial charge on any atom is 0.0547 e. The van der Waals surface area contributed by atoms with Crippen LogP contribution in [0.4, 0.5) is 17.1 Å². The average Bonchev–Trinajstić information content (AvgIpc) is 3.55. The molecule has 0 aliphatic carbocycles. The van der Waals surface area contributed by atoms with Gasteiger partial charge in [0.05, 0.1) is 16.7 Å². The number of hydrogen-bond acceptors (Lipinski definition) is 1. The molecule has 0 aliphatic heterocycles. The van der Waals surface area contributed by atoms with E-state index in [1.807, 2.05) is 0 Å². The SMILES string of the molecule is c1ccc(-c2ccc(N(c3cccc(-c4c(-n5c6ccccc6c6ccccc65)ccc5ccccc45)c3)c3ccc4ccccc4c3)cc2)cc1. The van der Waals surface area contributed by atoms with Gasteiger partial charge in [0.25, 0.3) is 0 Å². The highest BCUT2D eigenvalue weighted by atomic mass is 15.1. The minimum absolute atomic E-state index is 1.10. The Balaban J connectivity index is 1.20. The van der Waals surface area contributed by atoms with Crippen LogP contribution in [0.25, 0.3) is 71.3 Å². The fraction of sp³-hybridized carbons (Fsp3) is 0. The molecule has 10 rings (SSSR count). The van der Waals surface area contributed by atoms with Gasteiger partial charge in [0.1, 0.15) is 0 Å². The zero-order chi connectivity index (χ0) is 34.4. The maximum absolute atomic E-state index is 2.45. The van der Waals surface area contributed by atoms with Gasteiger partial charge in [-0.2, -0.15) is 0 Å². The van der Waals surface area contributed by atoms with Crippen LogP contribution in [0.5, 0.6) is 0 Å². The number of rotatable bonds is 6. The lowest BCUT2D eigenvalue weighted by atomic mass is 9.95. The Morgan fingerprint density at radius 2 is 0.846 bits per heavy atom. The molecule has 0 saturated heterocycles. The van der Waals surface area contributed by atoms with E-state index < -0.39 is 0 Å². The molecular weight excluding hydrogens is 629 g/mol. The molecule has 1 aromatic heterocycles. The summed E-state index contributed by atoms with van der Waals surface area (Å²) in [6.07, 6.45) is 0. The summed E-state index contributed by atoms with van der Waals surface area (Å²) >= 11 is 0. The smallest absolute Gasteiger partial charge is 0.0547 e. The highest BCUT2D eigenvalue weighted by Gasteiger charge is 2.20. The second-order valence-corrected chi connectivity index (χ2v) is 13.4. The summed E-state index contributed by atoms with van der Waals surface area (Å²) in [4.78, 5) is 2.38. The maximum atomic E-state index is 2.45. The molecule has 2 heteroatoms. The lowest BCUT2D eigenvalue weighted by Gasteiger charge is -2.27. The number of fused-ring (bicyclic) bond motifs is 5. The Kier molecular flexibility index (Phi) is 7.18.